The highest BCUT2D eigenvalue weighted by atomic mass is 32.2. The predicted molar refractivity (Wildman–Crippen MR) is 95.9 cm³/mol. The summed E-state index contributed by atoms with van der Waals surface area (Å²) in [5.74, 6) is -0.182. The van der Waals surface area contributed by atoms with Gasteiger partial charge in [-0.3, -0.25) is 9.11 Å². The van der Waals surface area contributed by atoms with E-state index in [9.17, 15) is 31.0 Å². The Morgan fingerprint density at radius 2 is 1.37 bits per heavy atom. The Morgan fingerprint density at radius 3 is 1.93 bits per heavy atom. The van der Waals surface area contributed by atoms with Gasteiger partial charge in [0.05, 0.1) is 20.9 Å². The minimum absolute atomic E-state index is 0.0192. The molecule has 9 nitrogen and oxygen atoms in total. The first-order chi connectivity index (χ1) is 12.6. The van der Waals surface area contributed by atoms with Gasteiger partial charge < -0.3 is 9.94 Å². The van der Waals surface area contributed by atoms with Gasteiger partial charge in [0.1, 0.15) is 5.75 Å². The predicted octanol–water partition coefficient (Wildman–Crippen LogP) is 2.44. The molecule has 142 valence electrons. The first-order valence-electron chi connectivity index (χ1n) is 7.29. The molecule has 0 unspecified atom stereocenters. The molecule has 0 aromatic heterocycles. The first-order valence-corrected chi connectivity index (χ1v) is 10.2. The van der Waals surface area contributed by atoms with Crippen LogP contribution >= 0.6 is 0 Å². The highest BCUT2D eigenvalue weighted by Crippen LogP contribution is 2.36. The van der Waals surface area contributed by atoms with E-state index in [0.717, 1.165) is 24.3 Å². The third-order valence-electron chi connectivity index (χ3n) is 3.59. The summed E-state index contributed by atoms with van der Waals surface area (Å²) in [5.41, 5.74) is 2.42. The van der Waals surface area contributed by atoms with Crippen LogP contribution in [0.15, 0.2) is 64.4 Å². The molecule has 4 N–H and O–H groups in total. The number of nitrogens with one attached hydrogen (secondary N) is 1. The van der Waals surface area contributed by atoms with Crippen LogP contribution in [0.3, 0.4) is 0 Å². The summed E-state index contributed by atoms with van der Waals surface area (Å²) in [6.07, 6.45) is 0. The van der Waals surface area contributed by atoms with Gasteiger partial charge in [-0.05, 0) is 35.7 Å². The Morgan fingerprint density at radius 1 is 0.815 bits per heavy atom. The van der Waals surface area contributed by atoms with Crippen LogP contribution in [0, 0.1) is 0 Å². The summed E-state index contributed by atoms with van der Waals surface area (Å²) >= 11 is 0. The second kappa shape index (κ2) is 6.70. The number of phenols is 1. The Hall–Kier alpha value is -2.86. The van der Waals surface area contributed by atoms with E-state index in [1.165, 1.54) is 0 Å². The molecule has 0 aliphatic heterocycles. The Kier molecular flexibility index (Phi) is 4.70. The number of aromatic hydroxyl groups is 1. The summed E-state index contributed by atoms with van der Waals surface area (Å²) in [6.45, 7) is 0. The van der Waals surface area contributed by atoms with E-state index < -0.39 is 35.8 Å². The molecule has 0 fully saturated rings. The van der Waals surface area contributed by atoms with Crippen molar-refractivity contribution in [3.8, 4) is 11.5 Å². The molecule has 0 saturated carbocycles. The van der Waals surface area contributed by atoms with Crippen LogP contribution in [0.1, 0.15) is 0 Å². The molecule has 3 rings (SSSR count). The van der Waals surface area contributed by atoms with Crippen molar-refractivity contribution in [1.82, 2.24) is 0 Å². The molecule has 0 atom stereocenters. The van der Waals surface area contributed by atoms with Gasteiger partial charge in [-0.25, -0.2) is 5.48 Å². The topological polar surface area (TPSA) is 150 Å². The molecule has 0 saturated heterocycles. The van der Waals surface area contributed by atoms with Crippen LogP contribution in [-0.2, 0) is 20.2 Å². The van der Waals surface area contributed by atoms with Crippen LogP contribution in [0.25, 0.3) is 10.8 Å². The van der Waals surface area contributed by atoms with Crippen LogP contribution < -0.4 is 10.3 Å². The van der Waals surface area contributed by atoms with Crippen molar-refractivity contribution in [3.05, 3.63) is 54.6 Å². The molecule has 11 heteroatoms. The zero-order valence-corrected chi connectivity index (χ0v) is 15.0. The fourth-order valence-electron chi connectivity index (χ4n) is 2.42. The molecular formula is C16H13NO8S2. The number of anilines is 1. The molecule has 0 aliphatic carbocycles. The summed E-state index contributed by atoms with van der Waals surface area (Å²) < 4.78 is 64.2. The lowest BCUT2D eigenvalue weighted by Crippen LogP contribution is -2.07. The maximum absolute atomic E-state index is 11.5. The fourth-order valence-corrected chi connectivity index (χ4v) is 3.50. The van der Waals surface area contributed by atoms with Crippen molar-refractivity contribution in [2.45, 2.75) is 9.79 Å². The van der Waals surface area contributed by atoms with Crippen LogP contribution in [-0.4, -0.2) is 31.0 Å². The fraction of sp³-hybridized carbons (Fsp3) is 0. The van der Waals surface area contributed by atoms with E-state index >= 15 is 0 Å². The quantitative estimate of drug-likeness (QED) is 0.366. The lowest BCUT2D eigenvalue weighted by Gasteiger charge is -2.14. The van der Waals surface area contributed by atoms with E-state index in [-0.39, 0.29) is 16.5 Å². The van der Waals surface area contributed by atoms with Gasteiger partial charge in [-0.15, -0.1) is 0 Å². The zero-order chi connectivity index (χ0) is 19.8. The normalized spacial score (nSPS) is 12.1. The maximum Gasteiger partial charge on any atom is 0.294 e. The van der Waals surface area contributed by atoms with Gasteiger partial charge in [-0.1, -0.05) is 18.2 Å². The standard InChI is InChI=1S/C16H13NO8S2/c18-15-9-13(27(22,23)24)7-10-6-12(26(19,20)21)8-14(16(10)15)17-25-11-4-2-1-3-5-11/h1-9,17-18H,(H,19,20,21)(H,22,23,24). The van der Waals surface area contributed by atoms with Crippen molar-refractivity contribution in [3.63, 3.8) is 0 Å². The highest BCUT2D eigenvalue weighted by Gasteiger charge is 2.20. The Labute approximate surface area is 154 Å². The van der Waals surface area contributed by atoms with Gasteiger partial charge in [0.15, 0.2) is 5.75 Å². The summed E-state index contributed by atoms with van der Waals surface area (Å²) in [7, 11) is -9.31. The summed E-state index contributed by atoms with van der Waals surface area (Å²) in [4.78, 5) is 4.10. The van der Waals surface area contributed by atoms with Gasteiger partial charge >= 0.3 is 0 Å². The van der Waals surface area contributed by atoms with Gasteiger partial charge in [0, 0.05) is 6.07 Å². The molecule has 0 heterocycles. The van der Waals surface area contributed by atoms with E-state index in [1.54, 1.807) is 30.3 Å². The second-order valence-electron chi connectivity index (χ2n) is 5.48. The third kappa shape index (κ3) is 4.11. The molecule has 3 aromatic carbocycles. The SMILES string of the molecule is O=S(=O)(O)c1cc(O)c2c(NOc3ccccc3)cc(S(=O)(=O)O)cc2c1. The summed E-state index contributed by atoms with van der Waals surface area (Å²) in [5, 5.41) is 10.2. The lowest BCUT2D eigenvalue weighted by atomic mass is 10.1. The molecule has 3 aromatic rings. The average molecular weight is 411 g/mol. The smallest absolute Gasteiger partial charge is 0.294 e. The number of benzene rings is 3. The Balaban J connectivity index is 2.21. The summed E-state index contributed by atoms with van der Waals surface area (Å²) in [6, 6.07) is 12.1. The third-order valence-corrected chi connectivity index (χ3v) is 5.26. The monoisotopic (exact) mass is 411 g/mol. The molecule has 0 radical (unpaired) electrons. The van der Waals surface area contributed by atoms with Crippen LogP contribution in [0.4, 0.5) is 5.69 Å². The molecule has 27 heavy (non-hydrogen) atoms. The first kappa shape index (κ1) is 18.9. The van der Waals surface area contributed by atoms with E-state index in [1.807, 2.05) is 0 Å². The number of hydrogen-bond acceptors (Lipinski definition) is 7. The van der Waals surface area contributed by atoms with E-state index in [4.69, 9.17) is 4.84 Å². The van der Waals surface area contributed by atoms with E-state index in [2.05, 4.69) is 5.48 Å². The van der Waals surface area contributed by atoms with Gasteiger partial charge in [0.2, 0.25) is 0 Å². The molecular weight excluding hydrogens is 398 g/mol. The number of para-hydroxylation sites is 1. The average Bonchev–Trinajstić information content (AvgIpc) is 2.58. The number of hydrogen-bond donors (Lipinski definition) is 4. The molecule has 0 amide bonds. The minimum Gasteiger partial charge on any atom is -0.507 e. The maximum atomic E-state index is 11.5. The van der Waals surface area contributed by atoms with Gasteiger partial charge in [0.25, 0.3) is 20.2 Å². The molecule has 0 bridgehead atoms. The largest absolute Gasteiger partial charge is 0.507 e. The van der Waals surface area contributed by atoms with Crippen molar-refractivity contribution >= 4 is 36.7 Å². The van der Waals surface area contributed by atoms with Gasteiger partial charge in [-0.2, -0.15) is 16.8 Å². The van der Waals surface area contributed by atoms with Crippen LogP contribution in [0.2, 0.25) is 0 Å². The van der Waals surface area contributed by atoms with E-state index in [0.29, 0.717) is 5.75 Å². The molecule has 0 spiro atoms. The van der Waals surface area contributed by atoms with Crippen molar-refractivity contribution in [1.29, 1.82) is 0 Å². The second-order valence-corrected chi connectivity index (χ2v) is 8.32. The number of fused-ring (bicyclic) bond motifs is 1. The highest BCUT2D eigenvalue weighted by molar-refractivity contribution is 7.86. The minimum atomic E-state index is -4.66. The van der Waals surface area contributed by atoms with Crippen molar-refractivity contribution < 1.29 is 35.9 Å². The van der Waals surface area contributed by atoms with Crippen molar-refractivity contribution in [2.75, 3.05) is 5.48 Å². The Bertz CT molecular complexity index is 1220. The lowest BCUT2D eigenvalue weighted by molar-refractivity contribution is 0.405. The zero-order valence-electron chi connectivity index (χ0n) is 13.4. The van der Waals surface area contributed by atoms with Crippen LogP contribution in [0.5, 0.6) is 11.5 Å². The number of phenolic OH excluding ortho intramolecular Hbond substituents is 1. The molecule has 0 aliphatic rings. The van der Waals surface area contributed by atoms with Crippen molar-refractivity contribution in [2.24, 2.45) is 0 Å². The number of rotatable bonds is 5.